The number of hydrogen-bond donors (Lipinski definition) is 2. The highest BCUT2D eigenvalue weighted by Gasteiger charge is 2.29. The van der Waals surface area contributed by atoms with Crippen LogP contribution in [0.5, 0.6) is 0 Å². The maximum Gasteiger partial charge on any atom is 0.237 e. The van der Waals surface area contributed by atoms with Gasteiger partial charge < -0.3 is 11.1 Å². The van der Waals surface area contributed by atoms with Crippen LogP contribution >= 0.6 is 23.7 Å². The van der Waals surface area contributed by atoms with Crippen LogP contribution in [0.15, 0.2) is 6.20 Å². The quantitative estimate of drug-likeness (QED) is 0.830. The smallest absolute Gasteiger partial charge is 0.237 e. The molecule has 1 aromatic rings. The van der Waals surface area contributed by atoms with E-state index >= 15 is 0 Å². The van der Waals surface area contributed by atoms with Crippen molar-refractivity contribution in [1.82, 2.24) is 20.1 Å². The SMILES string of the molecule is CC(C(=O)NC1CC1)N1CCN(Cc2cnc(N)s2)CC1.Cl. The van der Waals surface area contributed by atoms with E-state index in [0.717, 1.165) is 45.6 Å². The van der Waals surface area contributed by atoms with Crippen LogP contribution in [0.25, 0.3) is 0 Å². The number of amides is 1. The molecule has 0 spiro atoms. The van der Waals surface area contributed by atoms with Crippen LogP contribution in [0.1, 0.15) is 24.6 Å². The molecule has 8 heteroatoms. The van der Waals surface area contributed by atoms with Crippen LogP contribution in [0.4, 0.5) is 5.13 Å². The first-order valence-corrected chi connectivity index (χ1v) is 8.40. The zero-order chi connectivity index (χ0) is 14.8. The molecule has 1 atom stereocenters. The van der Waals surface area contributed by atoms with Crippen molar-refractivity contribution in [2.45, 2.75) is 38.4 Å². The van der Waals surface area contributed by atoms with Crippen LogP contribution in [0.3, 0.4) is 0 Å². The van der Waals surface area contributed by atoms with Gasteiger partial charge in [-0.05, 0) is 19.8 Å². The Balaban J connectivity index is 0.00000176. The van der Waals surface area contributed by atoms with Gasteiger partial charge in [-0.15, -0.1) is 23.7 Å². The number of nitrogens with zero attached hydrogens (tertiary/aromatic N) is 3. The number of nitrogens with one attached hydrogen (secondary N) is 1. The molecular formula is C14H24ClN5OS. The molecule has 1 saturated carbocycles. The Bertz CT molecular complexity index is 499. The first kappa shape index (κ1) is 17.5. The molecule has 1 saturated heterocycles. The molecule has 22 heavy (non-hydrogen) atoms. The number of aromatic nitrogens is 1. The van der Waals surface area contributed by atoms with Crippen molar-refractivity contribution in [3.8, 4) is 0 Å². The number of nitrogens with two attached hydrogens (primary N) is 1. The molecule has 0 aromatic carbocycles. The Morgan fingerprint density at radius 3 is 2.68 bits per heavy atom. The topological polar surface area (TPSA) is 74.5 Å². The standard InChI is InChI=1S/C14H23N5OS.ClH/c1-10(13(20)17-11-2-3-11)19-6-4-18(5-7-19)9-12-8-16-14(15)21-12;/h8,10-11H,2-7,9H2,1H3,(H2,15,16)(H,17,20);1H. The van der Waals surface area contributed by atoms with E-state index in [0.29, 0.717) is 11.2 Å². The monoisotopic (exact) mass is 345 g/mol. The fourth-order valence-corrected chi connectivity index (χ4v) is 3.37. The lowest BCUT2D eigenvalue weighted by Gasteiger charge is -2.37. The molecule has 3 rings (SSSR count). The van der Waals surface area contributed by atoms with Gasteiger partial charge in [0.2, 0.25) is 5.91 Å². The van der Waals surface area contributed by atoms with Crippen LogP contribution in [0, 0.1) is 0 Å². The summed E-state index contributed by atoms with van der Waals surface area (Å²) >= 11 is 1.55. The second-order valence-electron chi connectivity index (χ2n) is 5.94. The minimum Gasteiger partial charge on any atom is -0.375 e. The van der Waals surface area contributed by atoms with Crippen molar-refractivity contribution in [3.05, 3.63) is 11.1 Å². The fraction of sp³-hybridized carbons (Fsp3) is 0.714. The summed E-state index contributed by atoms with van der Waals surface area (Å²) in [5.41, 5.74) is 5.66. The van der Waals surface area contributed by atoms with Gasteiger partial charge in [-0.1, -0.05) is 0 Å². The van der Waals surface area contributed by atoms with Crippen molar-refractivity contribution in [1.29, 1.82) is 0 Å². The van der Waals surface area contributed by atoms with Gasteiger partial charge in [0.05, 0.1) is 6.04 Å². The van der Waals surface area contributed by atoms with Gasteiger partial charge in [-0.2, -0.15) is 0 Å². The number of halogens is 1. The van der Waals surface area contributed by atoms with Gasteiger partial charge in [0.25, 0.3) is 0 Å². The summed E-state index contributed by atoms with van der Waals surface area (Å²) in [6.45, 7) is 6.77. The first-order chi connectivity index (χ1) is 10.1. The zero-order valence-electron chi connectivity index (χ0n) is 12.8. The molecule has 1 aliphatic carbocycles. The Labute approximate surface area is 141 Å². The summed E-state index contributed by atoms with van der Waals surface area (Å²) in [5, 5.41) is 3.72. The highest BCUT2D eigenvalue weighted by atomic mass is 35.5. The van der Waals surface area contributed by atoms with E-state index in [1.165, 1.54) is 4.88 Å². The maximum atomic E-state index is 12.1. The van der Waals surface area contributed by atoms with Crippen LogP contribution in [-0.2, 0) is 11.3 Å². The van der Waals surface area contributed by atoms with Crippen LogP contribution in [0.2, 0.25) is 0 Å². The molecule has 1 aromatic heterocycles. The van der Waals surface area contributed by atoms with Crippen molar-refractivity contribution < 1.29 is 4.79 Å². The molecule has 1 amide bonds. The lowest BCUT2D eigenvalue weighted by molar-refractivity contribution is -0.126. The van der Waals surface area contributed by atoms with Gasteiger partial charge >= 0.3 is 0 Å². The second kappa shape index (κ2) is 7.59. The van der Waals surface area contributed by atoms with Crippen LogP contribution < -0.4 is 11.1 Å². The maximum absolute atomic E-state index is 12.1. The van der Waals surface area contributed by atoms with Crippen molar-refractivity contribution >= 4 is 34.8 Å². The van der Waals surface area contributed by atoms with Gasteiger partial charge in [0.1, 0.15) is 0 Å². The van der Waals surface area contributed by atoms with Crippen LogP contribution in [-0.4, -0.2) is 59.0 Å². The summed E-state index contributed by atoms with van der Waals surface area (Å²) in [7, 11) is 0. The van der Waals surface area contributed by atoms with E-state index in [4.69, 9.17) is 5.73 Å². The van der Waals surface area contributed by atoms with E-state index in [9.17, 15) is 4.79 Å². The highest BCUT2D eigenvalue weighted by Crippen LogP contribution is 2.20. The van der Waals surface area contributed by atoms with E-state index in [2.05, 4.69) is 20.1 Å². The average Bonchev–Trinajstić information content (AvgIpc) is 3.20. The number of rotatable bonds is 5. The molecule has 1 unspecified atom stereocenters. The van der Waals surface area contributed by atoms with Gasteiger partial charge in [0.15, 0.2) is 5.13 Å². The Morgan fingerprint density at radius 2 is 2.14 bits per heavy atom. The van der Waals surface area contributed by atoms with Crippen molar-refractivity contribution in [3.63, 3.8) is 0 Å². The Morgan fingerprint density at radius 1 is 1.45 bits per heavy atom. The summed E-state index contributed by atoms with van der Waals surface area (Å²) < 4.78 is 0. The average molecular weight is 346 g/mol. The molecule has 3 N–H and O–H groups in total. The normalized spacial score (nSPS) is 21.1. The number of hydrogen-bond acceptors (Lipinski definition) is 6. The first-order valence-electron chi connectivity index (χ1n) is 7.59. The summed E-state index contributed by atoms with van der Waals surface area (Å²) in [4.78, 5) is 22.0. The lowest BCUT2D eigenvalue weighted by Crippen LogP contribution is -2.53. The second-order valence-corrected chi connectivity index (χ2v) is 7.08. The number of carbonyl (C=O) groups excluding carboxylic acids is 1. The number of anilines is 1. The third-order valence-corrected chi connectivity index (χ3v) is 5.02. The highest BCUT2D eigenvalue weighted by molar-refractivity contribution is 7.15. The van der Waals surface area contributed by atoms with Crippen molar-refractivity contribution in [2.24, 2.45) is 0 Å². The van der Waals surface area contributed by atoms with Gasteiger partial charge in [-0.3, -0.25) is 14.6 Å². The zero-order valence-corrected chi connectivity index (χ0v) is 14.5. The summed E-state index contributed by atoms with van der Waals surface area (Å²) in [6, 6.07) is 0.421. The minimum atomic E-state index is -0.0215. The van der Waals surface area contributed by atoms with Gasteiger partial charge in [0, 0.05) is 49.8 Å². The van der Waals surface area contributed by atoms with E-state index < -0.39 is 0 Å². The third-order valence-electron chi connectivity index (χ3n) is 4.21. The minimum absolute atomic E-state index is 0. The number of nitrogen functional groups attached to an aromatic ring is 1. The summed E-state index contributed by atoms with van der Waals surface area (Å²) in [5.74, 6) is 0.182. The molecule has 0 bridgehead atoms. The molecule has 1 aliphatic heterocycles. The predicted octanol–water partition coefficient (Wildman–Crippen LogP) is 0.932. The molecule has 6 nitrogen and oxygen atoms in total. The molecule has 2 aliphatic rings. The third kappa shape index (κ3) is 4.55. The molecule has 0 radical (unpaired) electrons. The molecule has 2 heterocycles. The Kier molecular flexibility index (Phi) is 6.02. The Hall–Kier alpha value is -0.890. The number of carbonyl (C=O) groups is 1. The van der Waals surface area contributed by atoms with E-state index in [1.807, 2.05) is 13.1 Å². The lowest BCUT2D eigenvalue weighted by atomic mass is 10.2. The van der Waals surface area contributed by atoms with E-state index in [1.54, 1.807) is 11.3 Å². The van der Waals surface area contributed by atoms with Gasteiger partial charge in [-0.25, -0.2) is 4.98 Å². The molecule has 2 fully saturated rings. The largest absolute Gasteiger partial charge is 0.375 e. The van der Waals surface area contributed by atoms with Crippen molar-refractivity contribution in [2.75, 3.05) is 31.9 Å². The molecular weight excluding hydrogens is 322 g/mol. The molecule has 124 valence electrons. The fourth-order valence-electron chi connectivity index (χ4n) is 2.64. The van der Waals surface area contributed by atoms with E-state index in [-0.39, 0.29) is 24.4 Å². The number of thiazole rings is 1. The predicted molar refractivity (Wildman–Crippen MR) is 91.3 cm³/mol. The number of piperazine rings is 1. The summed E-state index contributed by atoms with van der Waals surface area (Å²) in [6.07, 6.45) is 4.15.